The maximum atomic E-state index is 11.0. The Morgan fingerprint density at radius 2 is 1.61 bits per heavy atom. The molecule has 4 saturated carbocycles. The smallest absolute Gasteiger partial charge is 0.258 e. The van der Waals surface area contributed by atoms with Gasteiger partial charge in [-0.05, 0) is 91.0 Å². The molecule has 28 heavy (non-hydrogen) atoms. The zero-order valence-corrected chi connectivity index (χ0v) is 16.4. The number of hydrogen-bond acceptors (Lipinski definition) is 3. The molecule has 4 nitrogen and oxygen atoms in total. The van der Waals surface area contributed by atoms with Gasteiger partial charge in [-0.3, -0.25) is 15.1 Å². The highest BCUT2D eigenvalue weighted by Gasteiger charge is 2.51. The normalized spacial score (nSPS) is 30.8. The van der Waals surface area contributed by atoms with Gasteiger partial charge in [0.1, 0.15) is 5.02 Å². The van der Waals surface area contributed by atoms with Gasteiger partial charge in [0.2, 0.25) is 0 Å². The topological polar surface area (TPSA) is 55.5 Å². The first-order chi connectivity index (χ1) is 13.5. The Hall–Kier alpha value is -2.20. The maximum Gasteiger partial charge on any atom is 0.288 e. The molecule has 0 aliphatic heterocycles. The van der Waals surface area contributed by atoms with Gasteiger partial charge in [-0.25, -0.2) is 0 Å². The minimum absolute atomic E-state index is 0.0946. The van der Waals surface area contributed by atoms with E-state index in [9.17, 15) is 10.1 Å². The molecule has 5 heteroatoms. The van der Waals surface area contributed by atoms with Crippen LogP contribution in [0.4, 0.5) is 11.4 Å². The van der Waals surface area contributed by atoms with Crippen LogP contribution in [-0.2, 0) is 5.41 Å². The number of nitro groups is 1. The Kier molecular flexibility index (Phi) is 4.27. The molecular formula is C23H23ClN2O2. The average molecular weight is 395 g/mol. The second kappa shape index (κ2) is 6.70. The summed E-state index contributed by atoms with van der Waals surface area (Å²) in [5.41, 5.74) is 3.32. The highest BCUT2D eigenvalue weighted by atomic mass is 35.5. The summed E-state index contributed by atoms with van der Waals surface area (Å²) in [4.78, 5) is 15.1. The molecule has 6 rings (SSSR count). The lowest BCUT2D eigenvalue weighted by Gasteiger charge is -2.57. The van der Waals surface area contributed by atoms with E-state index in [2.05, 4.69) is 29.3 Å². The van der Waals surface area contributed by atoms with E-state index in [-0.39, 0.29) is 10.7 Å². The molecule has 0 spiro atoms. The Labute approximate surface area is 169 Å². The van der Waals surface area contributed by atoms with Gasteiger partial charge in [0.15, 0.2) is 0 Å². The molecular weight excluding hydrogens is 372 g/mol. The molecule has 4 bridgehead atoms. The van der Waals surface area contributed by atoms with E-state index in [0.29, 0.717) is 11.0 Å². The summed E-state index contributed by atoms with van der Waals surface area (Å²) in [6.45, 7) is 0. The van der Waals surface area contributed by atoms with Crippen LogP contribution in [0.1, 0.15) is 49.7 Å². The number of hydrogen-bond donors (Lipinski definition) is 0. The van der Waals surface area contributed by atoms with Crippen molar-refractivity contribution in [2.45, 2.75) is 43.9 Å². The number of halogens is 1. The summed E-state index contributed by atoms with van der Waals surface area (Å²) < 4.78 is 0. The fourth-order valence-corrected chi connectivity index (χ4v) is 6.45. The fraction of sp³-hybridized carbons (Fsp3) is 0.435. The number of aliphatic imine (C=N–C) groups is 1. The summed E-state index contributed by atoms with van der Waals surface area (Å²) in [5, 5.41) is 11.2. The summed E-state index contributed by atoms with van der Waals surface area (Å²) in [6, 6.07) is 13.4. The lowest BCUT2D eigenvalue weighted by Crippen LogP contribution is -2.48. The van der Waals surface area contributed by atoms with Crippen molar-refractivity contribution in [3.05, 3.63) is 68.7 Å². The molecule has 0 aromatic heterocycles. The van der Waals surface area contributed by atoms with Crippen molar-refractivity contribution in [3.63, 3.8) is 0 Å². The van der Waals surface area contributed by atoms with Gasteiger partial charge in [-0.1, -0.05) is 29.8 Å². The van der Waals surface area contributed by atoms with E-state index >= 15 is 0 Å². The first-order valence-electron chi connectivity index (χ1n) is 10.1. The largest absolute Gasteiger partial charge is 0.288 e. The molecule has 0 amide bonds. The standard InChI is InChI=1S/C23H23ClN2O2/c24-21-6-1-15(10-22(21)26(27)28)14-25-20-4-2-19(3-5-20)23-11-16-7-17(12-23)9-18(8-16)13-23/h1-6,10,14,16-18H,7-9,11-13H2. The first kappa shape index (κ1) is 17.9. The number of benzene rings is 2. The van der Waals surface area contributed by atoms with Crippen LogP contribution < -0.4 is 0 Å². The summed E-state index contributed by atoms with van der Waals surface area (Å²) in [5.74, 6) is 2.80. The SMILES string of the molecule is O=[N+]([O-])c1cc(C=Nc2ccc(C34CC5CC(CC(C5)C3)C4)cc2)ccc1Cl. The zero-order valence-electron chi connectivity index (χ0n) is 15.7. The maximum absolute atomic E-state index is 11.0. The minimum atomic E-state index is -0.472. The molecule has 2 aromatic rings. The van der Waals surface area contributed by atoms with E-state index in [1.807, 2.05) is 0 Å². The second-order valence-electron chi connectivity index (χ2n) is 8.97. The Bertz CT molecular complexity index is 916. The van der Waals surface area contributed by atoms with Gasteiger partial charge in [0.05, 0.1) is 10.6 Å². The van der Waals surface area contributed by atoms with Crippen LogP contribution in [0.25, 0.3) is 0 Å². The van der Waals surface area contributed by atoms with E-state index in [0.717, 1.165) is 23.4 Å². The molecule has 0 radical (unpaired) electrons. The molecule has 0 saturated heterocycles. The predicted octanol–water partition coefficient (Wildman–Crippen LogP) is 6.47. The van der Waals surface area contributed by atoms with Gasteiger partial charge >= 0.3 is 0 Å². The van der Waals surface area contributed by atoms with Crippen LogP contribution in [0.3, 0.4) is 0 Å². The van der Waals surface area contributed by atoms with E-state index in [1.54, 1.807) is 12.3 Å². The van der Waals surface area contributed by atoms with Crippen molar-refractivity contribution in [2.24, 2.45) is 22.7 Å². The molecule has 4 fully saturated rings. The van der Waals surface area contributed by atoms with Gasteiger partial charge in [-0.2, -0.15) is 0 Å². The van der Waals surface area contributed by atoms with Crippen LogP contribution in [0, 0.1) is 27.9 Å². The summed E-state index contributed by atoms with van der Waals surface area (Å²) >= 11 is 5.87. The Balaban J connectivity index is 1.35. The molecule has 0 unspecified atom stereocenters. The molecule has 4 aliphatic carbocycles. The molecule has 0 N–H and O–H groups in total. The summed E-state index contributed by atoms with van der Waals surface area (Å²) in [7, 11) is 0. The van der Waals surface area contributed by atoms with Gasteiger partial charge in [-0.15, -0.1) is 0 Å². The van der Waals surface area contributed by atoms with E-state index < -0.39 is 4.92 Å². The summed E-state index contributed by atoms with van der Waals surface area (Å²) in [6.07, 6.45) is 10.1. The lowest BCUT2D eigenvalue weighted by atomic mass is 9.48. The molecule has 0 atom stereocenters. The van der Waals surface area contributed by atoms with Gasteiger partial charge in [0.25, 0.3) is 5.69 Å². The van der Waals surface area contributed by atoms with Crippen molar-refractivity contribution in [1.82, 2.24) is 0 Å². The van der Waals surface area contributed by atoms with Gasteiger partial charge < -0.3 is 0 Å². The number of rotatable bonds is 4. The molecule has 0 heterocycles. The van der Waals surface area contributed by atoms with Crippen LogP contribution in [-0.4, -0.2) is 11.1 Å². The lowest BCUT2D eigenvalue weighted by molar-refractivity contribution is -0.384. The van der Waals surface area contributed by atoms with Crippen molar-refractivity contribution in [3.8, 4) is 0 Å². The molecule has 144 valence electrons. The van der Waals surface area contributed by atoms with Crippen LogP contribution >= 0.6 is 11.6 Å². The van der Waals surface area contributed by atoms with Crippen molar-refractivity contribution >= 4 is 29.2 Å². The third-order valence-corrected chi connectivity index (χ3v) is 7.37. The van der Waals surface area contributed by atoms with Crippen molar-refractivity contribution in [1.29, 1.82) is 0 Å². The Morgan fingerprint density at radius 1 is 1.00 bits per heavy atom. The first-order valence-corrected chi connectivity index (χ1v) is 10.5. The average Bonchev–Trinajstić information content (AvgIpc) is 2.66. The zero-order chi connectivity index (χ0) is 19.3. The highest BCUT2D eigenvalue weighted by Crippen LogP contribution is 2.60. The predicted molar refractivity (Wildman–Crippen MR) is 112 cm³/mol. The van der Waals surface area contributed by atoms with Crippen molar-refractivity contribution < 1.29 is 4.92 Å². The molecule has 2 aromatic carbocycles. The second-order valence-corrected chi connectivity index (χ2v) is 9.38. The van der Waals surface area contributed by atoms with Gasteiger partial charge in [0, 0.05) is 12.3 Å². The highest BCUT2D eigenvalue weighted by molar-refractivity contribution is 6.32. The number of nitrogens with zero attached hydrogens (tertiary/aromatic N) is 2. The minimum Gasteiger partial charge on any atom is -0.258 e. The fourth-order valence-electron chi connectivity index (χ4n) is 6.26. The third-order valence-electron chi connectivity index (χ3n) is 7.05. The molecule has 4 aliphatic rings. The quantitative estimate of drug-likeness (QED) is 0.339. The van der Waals surface area contributed by atoms with Crippen molar-refractivity contribution in [2.75, 3.05) is 0 Å². The van der Waals surface area contributed by atoms with Crippen LogP contribution in [0.5, 0.6) is 0 Å². The third kappa shape index (κ3) is 3.14. The Morgan fingerprint density at radius 3 is 2.18 bits per heavy atom. The van der Waals surface area contributed by atoms with Crippen LogP contribution in [0.2, 0.25) is 5.02 Å². The van der Waals surface area contributed by atoms with Crippen LogP contribution in [0.15, 0.2) is 47.5 Å². The van der Waals surface area contributed by atoms with E-state index in [4.69, 9.17) is 11.6 Å². The monoisotopic (exact) mass is 394 g/mol. The van der Waals surface area contributed by atoms with E-state index in [1.165, 1.54) is 56.2 Å². The number of nitro benzene ring substituents is 1.